The molecule has 0 saturated heterocycles. The topological polar surface area (TPSA) is 66.2 Å². The van der Waals surface area contributed by atoms with Crippen LogP contribution < -0.4 is 15.0 Å². The van der Waals surface area contributed by atoms with Crippen LogP contribution in [0.1, 0.15) is 16.7 Å². The molecule has 0 saturated carbocycles. The van der Waals surface area contributed by atoms with Crippen molar-refractivity contribution in [2.24, 2.45) is 0 Å². The molecular weight excluding hydrogens is 483 g/mol. The van der Waals surface area contributed by atoms with E-state index in [0.29, 0.717) is 31.1 Å². The highest BCUT2D eigenvalue weighted by atomic mass is 35.5. The SMILES string of the molecule is O=c1cc(OCCc2ccc(Oc3ccc(Cl)c(C(F)(F)F)c3)cc2)ccn1Cc1cncnc1. The second-order valence-corrected chi connectivity index (χ2v) is 7.97. The normalized spacial score (nSPS) is 11.3. The van der Waals surface area contributed by atoms with Crippen molar-refractivity contribution < 1.29 is 22.6 Å². The Bertz CT molecular complexity index is 1340. The molecule has 0 N–H and O–H groups in total. The third-order valence-electron chi connectivity index (χ3n) is 5.00. The van der Waals surface area contributed by atoms with E-state index in [9.17, 15) is 18.0 Å². The van der Waals surface area contributed by atoms with E-state index in [0.717, 1.165) is 23.3 Å². The van der Waals surface area contributed by atoms with Crippen molar-refractivity contribution in [2.45, 2.75) is 19.1 Å². The van der Waals surface area contributed by atoms with E-state index in [-0.39, 0.29) is 16.3 Å². The van der Waals surface area contributed by atoms with Gasteiger partial charge in [0.2, 0.25) is 0 Å². The zero-order chi connectivity index (χ0) is 24.8. The lowest BCUT2D eigenvalue weighted by atomic mass is 10.1. The average Bonchev–Trinajstić information content (AvgIpc) is 2.83. The van der Waals surface area contributed by atoms with Gasteiger partial charge in [0.05, 0.1) is 23.7 Å². The summed E-state index contributed by atoms with van der Waals surface area (Å²) < 4.78 is 51.8. The molecule has 4 rings (SSSR count). The fraction of sp³-hybridized carbons (Fsp3) is 0.160. The van der Waals surface area contributed by atoms with Crippen LogP contribution >= 0.6 is 11.6 Å². The molecule has 0 aliphatic carbocycles. The number of nitrogens with zero attached hydrogens (tertiary/aromatic N) is 3. The first-order valence-corrected chi connectivity index (χ1v) is 10.9. The van der Waals surface area contributed by atoms with Crippen LogP contribution in [0.25, 0.3) is 0 Å². The highest BCUT2D eigenvalue weighted by Gasteiger charge is 2.33. The Kier molecular flexibility index (Phi) is 7.36. The molecule has 4 aromatic rings. The van der Waals surface area contributed by atoms with Crippen LogP contribution in [-0.4, -0.2) is 21.1 Å². The number of pyridine rings is 1. The summed E-state index contributed by atoms with van der Waals surface area (Å²) in [5.41, 5.74) is 0.588. The van der Waals surface area contributed by atoms with Gasteiger partial charge in [0.15, 0.2) is 0 Å². The molecule has 0 aliphatic heterocycles. The molecule has 2 heterocycles. The first-order chi connectivity index (χ1) is 16.8. The zero-order valence-corrected chi connectivity index (χ0v) is 19.0. The van der Waals surface area contributed by atoms with Crippen LogP contribution in [0.3, 0.4) is 0 Å². The number of alkyl halides is 3. The first-order valence-electron chi connectivity index (χ1n) is 10.5. The second-order valence-electron chi connectivity index (χ2n) is 7.56. The molecule has 0 aliphatic rings. The minimum atomic E-state index is -4.57. The summed E-state index contributed by atoms with van der Waals surface area (Å²) >= 11 is 5.64. The second kappa shape index (κ2) is 10.6. The number of aromatic nitrogens is 3. The molecule has 0 radical (unpaired) electrons. The van der Waals surface area contributed by atoms with E-state index in [1.165, 1.54) is 23.0 Å². The van der Waals surface area contributed by atoms with Crippen molar-refractivity contribution >= 4 is 11.6 Å². The highest BCUT2D eigenvalue weighted by molar-refractivity contribution is 6.31. The largest absolute Gasteiger partial charge is 0.493 e. The molecule has 10 heteroatoms. The van der Waals surface area contributed by atoms with Crippen LogP contribution in [0.4, 0.5) is 13.2 Å². The number of benzene rings is 2. The monoisotopic (exact) mass is 501 g/mol. The molecule has 0 spiro atoms. The molecule has 2 aromatic carbocycles. The smallest absolute Gasteiger partial charge is 0.417 e. The van der Waals surface area contributed by atoms with Gasteiger partial charge in [0, 0.05) is 36.6 Å². The Balaban J connectivity index is 1.30. The van der Waals surface area contributed by atoms with Gasteiger partial charge in [-0.15, -0.1) is 0 Å². The number of hydrogen-bond donors (Lipinski definition) is 0. The van der Waals surface area contributed by atoms with Gasteiger partial charge >= 0.3 is 6.18 Å². The van der Waals surface area contributed by atoms with Crippen molar-refractivity contribution in [3.8, 4) is 17.2 Å². The van der Waals surface area contributed by atoms with Gasteiger partial charge < -0.3 is 14.0 Å². The lowest BCUT2D eigenvalue weighted by molar-refractivity contribution is -0.137. The number of rotatable bonds is 8. The predicted molar refractivity (Wildman–Crippen MR) is 124 cm³/mol. The Labute approximate surface area is 203 Å². The minimum absolute atomic E-state index is 0.0346. The molecule has 35 heavy (non-hydrogen) atoms. The lowest BCUT2D eigenvalue weighted by Gasteiger charge is -2.12. The van der Waals surface area contributed by atoms with Crippen molar-refractivity contribution in [3.63, 3.8) is 0 Å². The van der Waals surface area contributed by atoms with Crippen LogP contribution in [-0.2, 0) is 19.1 Å². The number of halogens is 4. The minimum Gasteiger partial charge on any atom is -0.493 e. The van der Waals surface area contributed by atoms with Gasteiger partial charge in [-0.3, -0.25) is 4.79 Å². The van der Waals surface area contributed by atoms with Gasteiger partial charge in [-0.05, 0) is 42.0 Å². The van der Waals surface area contributed by atoms with Gasteiger partial charge in [-0.25, -0.2) is 9.97 Å². The molecule has 2 aromatic heterocycles. The first kappa shape index (κ1) is 24.3. The Morgan fingerprint density at radius 3 is 2.29 bits per heavy atom. The van der Waals surface area contributed by atoms with Gasteiger partial charge in [-0.1, -0.05) is 23.7 Å². The summed E-state index contributed by atoms with van der Waals surface area (Å²) in [4.78, 5) is 20.2. The van der Waals surface area contributed by atoms with E-state index in [2.05, 4.69) is 9.97 Å². The fourth-order valence-corrected chi connectivity index (χ4v) is 3.48. The van der Waals surface area contributed by atoms with Gasteiger partial charge in [0.25, 0.3) is 5.56 Å². The van der Waals surface area contributed by atoms with E-state index < -0.39 is 11.7 Å². The summed E-state index contributed by atoms with van der Waals surface area (Å²) in [6, 6.07) is 13.4. The maximum Gasteiger partial charge on any atom is 0.417 e. The van der Waals surface area contributed by atoms with Crippen molar-refractivity contribution in [3.05, 3.63) is 112 Å². The molecule has 6 nitrogen and oxygen atoms in total. The standard InChI is InChI=1S/C25H19ClF3N3O3/c26-23-6-5-21(11-22(23)25(27,28)29)35-19-3-1-17(2-4-19)8-10-34-20-7-9-32(24(33)12-20)15-18-13-30-16-31-14-18/h1-7,9,11-14,16H,8,10,15H2. The molecule has 0 amide bonds. The predicted octanol–water partition coefficient (Wildman–Crippen LogP) is 5.77. The average molecular weight is 502 g/mol. The van der Waals surface area contributed by atoms with Gasteiger partial charge in [-0.2, -0.15) is 13.2 Å². The summed E-state index contributed by atoms with van der Waals surface area (Å²) in [7, 11) is 0. The molecular formula is C25H19ClF3N3O3. The third-order valence-corrected chi connectivity index (χ3v) is 5.33. The number of hydrogen-bond acceptors (Lipinski definition) is 5. The van der Waals surface area contributed by atoms with Crippen LogP contribution in [0, 0.1) is 0 Å². The number of ether oxygens (including phenoxy) is 2. The fourth-order valence-electron chi connectivity index (χ4n) is 3.25. The Hall–Kier alpha value is -3.85. The lowest BCUT2D eigenvalue weighted by Crippen LogP contribution is -2.19. The van der Waals surface area contributed by atoms with Crippen LogP contribution in [0.5, 0.6) is 17.2 Å². The molecule has 0 atom stereocenters. The van der Waals surface area contributed by atoms with Crippen molar-refractivity contribution in [2.75, 3.05) is 6.61 Å². The van der Waals surface area contributed by atoms with Gasteiger partial charge in [0.1, 0.15) is 23.6 Å². The van der Waals surface area contributed by atoms with E-state index >= 15 is 0 Å². The van der Waals surface area contributed by atoms with E-state index in [1.807, 2.05) is 0 Å². The van der Waals surface area contributed by atoms with E-state index in [1.54, 1.807) is 48.9 Å². The highest BCUT2D eigenvalue weighted by Crippen LogP contribution is 2.37. The maximum absolute atomic E-state index is 13.0. The van der Waals surface area contributed by atoms with Crippen LogP contribution in [0.15, 0.2) is 84.3 Å². The van der Waals surface area contributed by atoms with Crippen molar-refractivity contribution in [1.29, 1.82) is 0 Å². The summed E-state index contributed by atoms with van der Waals surface area (Å²) in [6.07, 6.45) is 2.37. The quantitative estimate of drug-likeness (QED) is 0.306. The molecule has 0 fully saturated rings. The summed E-state index contributed by atoms with van der Waals surface area (Å²) in [5, 5.41) is -0.386. The van der Waals surface area contributed by atoms with E-state index in [4.69, 9.17) is 21.1 Å². The third kappa shape index (κ3) is 6.60. The zero-order valence-electron chi connectivity index (χ0n) is 18.2. The summed E-state index contributed by atoms with van der Waals surface area (Å²) in [6.45, 7) is 0.699. The van der Waals surface area contributed by atoms with Crippen molar-refractivity contribution in [1.82, 2.24) is 14.5 Å². The summed E-state index contributed by atoms with van der Waals surface area (Å²) in [5.74, 6) is 0.878. The Morgan fingerprint density at radius 1 is 0.886 bits per heavy atom. The molecule has 0 bridgehead atoms. The Morgan fingerprint density at radius 2 is 1.60 bits per heavy atom. The molecule has 0 unspecified atom stereocenters. The molecule has 180 valence electrons. The maximum atomic E-state index is 13.0. The van der Waals surface area contributed by atoms with Crippen LogP contribution in [0.2, 0.25) is 5.02 Å².